The SMILES string of the molecule is O=C1NC(c2cccs2)(c2cccs2)C(=O)N1Cl. The number of thiophene rings is 2. The molecular weight excluding hydrogens is 292 g/mol. The molecule has 18 heavy (non-hydrogen) atoms. The van der Waals surface area contributed by atoms with Crippen LogP contribution in [0.1, 0.15) is 9.75 Å². The summed E-state index contributed by atoms with van der Waals surface area (Å²) in [6.07, 6.45) is 0. The van der Waals surface area contributed by atoms with E-state index < -0.39 is 17.5 Å². The van der Waals surface area contributed by atoms with E-state index in [-0.39, 0.29) is 0 Å². The van der Waals surface area contributed by atoms with Crippen molar-refractivity contribution in [1.82, 2.24) is 9.74 Å². The predicted molar refractivity (Wildman–Crippen MR) is 70.6 cm³/mol. The molecule has 3 heterocycles. The van der Waals surface area contributed by atoms with Crippen molar-refractivity contribution in [2.75, 3.05) is 0 Å². The van der Waals surface area contributed by atoms with Crippen LogP contribution in [0.2, 0.25) is 0 Å². The molecule has 1 aliphatic rings. The monoisotopic (exact) mass is 298 g/mol. The van der Waals surface area contributed by atoms with Crippen LogP contribution in [0.5, 0.6) is 0 Å². The van der Waals surface area contributed by atoms with Gasteiger partial charge in [-0.3, -0.25) is 4.79 Å². The number of hydrogen-bond acceptors (Lipinski definition) is 4. The standard InChI is InChI=1S/C11H7ClN2O2S2/c12-14-9(15)11(13-10(14)16,7-3-1-5-17-7)8-4-2-6-18-8/h1-6H,(H,13,16). The molecule has 0 aliphatic carbocycles. The van der Waals surface area contributed by atoms with E-state index in [1.165, 1.54) is 22.7 Å². The molecule has 7 heteroatoms. The Bertz CT molecular complexity index is 560. The lowest BCUT2D eigenvalue weighted by molar-refractivity contribution is -0.126. The van der Waals surface area contributed by atoms with Crippen molar-refractivity contribution in [3.8, 4) is 0 Å². The van der Waals surface area contributed by atoms with Crippen molar-refractivity contribution in [3.63, 3.8) is 0 Å². The maximum absolute atomic E-state index is 12.4. The number of imide groups is 1. The Labute approximate surface area is 116 Å². The number of urea groups is 1. The fourth-order valence-electron chi connectivity index (χ4n) is 1.94. The van der Waals surface area contributed by atoms with Gasteiger partial charge in [0.1, 0.15) is 0 Å². The van der Waals surface area contributed by atoms with Gasteiger partial charge in [0.05, 0.1) is 0 Å². The highest BCUT2D eigenvalue weighted by Gasteiger charge is 2.55. The normalized spacial score (nSPS) is 18.2. The summed E-state index contributed by atoms with van der Waals surface area (Å²) in [5, 5.41) is 6.42. The van der Waals surface area contributed by atoms with Gasteiger partial charge in [-0.2, -0.15) is 4.42 Å². The zero-order valence-electron chi connectivity index (χ0n) is 8.92. The van der Waals surface area contributed by atoms with E-state index in [0.717, 1.165) is 9.75 Å². The van der Waals surface area contributed by atoms with Crippen LogP contribution in [0.15, 0.2) is 35.0 Å². The first kappa shape index (κ1) is 11.7. The van der Waals surface area contributed by atoms with Crippen molar-refractivity contribution >= 4 is 46.4 Å². The van der Waals surface area contributed by atoms with Crippen LogP contribution in [0.3, 0.4) is 0 Å². The predicted octanol–water partition coefficient (Wildman–Crippen LogP) is 2.76. The lowest BCUT2D eigenvalue weighted by atomic mass is 9.95. The van der Waals surface area contributed by atoms with Gasteiger partial charge < -0.3 is 5.32 Å². The van der Waals surface area contributed by atoms with Gasteiger partial charge in [-0.05, 0) is 22.9 Å². The van der Waals surface area contributed by atoms with Crippen molar-refractivity contribution < 1.29 is 9.59 Å². The molecule has 0 saturated carbocycles. The zero-order valence-corrected chi connectivity index (χ0v) is 11.3. The molecule has 3 rings (SSSR count). The highest BCUT2D eigenvalue weighted by molar-refractivity contribution is 7.12. The summed E-state index contributed by atoms with van der Waals surface area (Å²) < 4.78 is 0.611. The van der Waals surface area contributed by atoms with E-state index in [1.54, 1.807) is 0 Å². The molecule has 0 radical (unpaired) electrons. The lowest BCUT2D eigenvalue weighted by Crippen LogP contribution is -2.43. The first-order valence-corrected chi connectivity index (χ1v) is 7.16. The van der Waals surface area contributed by atoms with E-state index >= 15 is 0 Å². The summed E-state index contributed by atoms with van der Waals surface area (Å²) in [5.41, 5.74) is -1.17. The molecular formula is C11H7ClN2O2S2. The molecule has 0 aromatic carbocycles. The maximum Gasteiger partial charge on any atom is 0.340 e. The molecule has 1 N–H and O–H groups in total. The van der Waals surface area contributed by atoms with Gasteiger partial charge in [0.2, 0.25) is 0 Å². The smallest absolute Gasteiger partial charge is 0.313 e. The number of halogens is 1. The summed E-state index contributed by atoms with van der Waals surface area (Å²) >= 11 is 8.53. The third-order valence-electron chi connectivity index (χ3n) is 2.75. The summed E-state index contributed by atoms with van der Waals surface area (Å²) in [5.74, 6) is -0.459. The molecule has 2 aromatic rings. The van der Waals surface area contributed by atoms with Crippen LogP contribution >= 0.6 is 34.5 Å². The Balaban J connectivity index is 2.23. The molecule has 0 spiro atoms. The van der Waals surface area contributed by atoms with E-state index in [9.17, 15) is 9.59 Å². The molecule has 1 fully saturated rings. The van der Waals surface area contributed by atoms with Gasteiger partial charge in [0.25, 0.3) is 5.91 Å². The largest absolute Gasteiger partial charge is 0.340 e. The van der Waals surface area contributed by atoms with E-state index in [2.05, 4.69) is 5.32 Å². The quantitative estimate of drug-likeness (QED) is 0.684. The fraction of sp³-hybridized carbons (Fsp3) is 0.0909. The number of rotatable bonds is 2. The van der Waals surface area contributed by atoms with E-state index in [0.29, 0.717) is 4.42 Å². The lowest BCUT2D eigenvalue weighted by Gasteiger charge is -2.23. The van der Waals surface area contributed by atoms with Gasteiger partial charge >= 0.3 is 6.03 Å². The second-order valence-corrected chi connectivity index (χ2v) is 5.95. The molecule has 0 bridgehead atoms. The minimum absolute atomic E-state index is 0.459. The van der Waals surface area contributed by atoms with Gasteiger partial charge in [-0.1, -0.05) is 12.1 Å². The number of carbonyl (C=O) groups is 2. The van der Waals surface area contributed by atoms with Crippen LogP contribution in [-0.2, 0) is 10.3 Å². The molecule has 3 amide bonds. The first-order valence-electron chi connectivity index (χ1n) is 5.06. The molecule has 0 atom stereocenters. The van der Waals surface area contributed by atoms with E-state index in [4.69, 9.17) is 11.8 Å². The van der Waals surface area contributed by atoms with Crippen molar-refractivity contribution in [2.24, 2.45) is 0 Å². The fourth-order valence-corrected chi connectivity index (χ4v) is 3.95. The maximum atomic E-state index is 12.4. The number of nitrogens with zero attached hydrogens (tertiary/aromatic N) is 1. The Hall–Kier alpha value is -1.37. The minimum atomic E-state index is -1.17. The highest BCUT2D eigenvalue weighted by Crippen LogP contribution is 2.40. The average Bonchev–Trinajstić information content (AvgIpc) is 3.07. The van der Waals surface area contributed by atoms with Gasteiger partial charge in [-0.25, -0.2) is 4.79 Å². The topological polar surface area (TPSA) is 49.4 Å². The second kappa shape index (κ2) is 4.08. The number of nitrogens with one attached hydrogen (secondary N) is 1. The van der Waals surface area contributed by atoms with Crippen LogP contribution in [-0.4, -0.2) is 16.4 Å². The molecule has 92 valence electrons. The molecule has 0 unspecified atom stereocenters. The zero-order chi connectivity index (χ0) is 12.8. The van der Waals surface area contributed by atoms with Gasteiger partial charge in [0, 0.05) is 21.5 Å². The Morgan fingerprint density at radius 3 is 2.00 bits per heavy atom. The van der Waals surface area contributed by atoms with Crippen molar-refractivity contribution in [3.05, 3.63) is 44.8 Å². The summed E-state index contributed by atoms with van der Waals surface area (Å²) in [6, 6.07) is 6.72. The Kier molecular flexibility index (Phi) is 2.65. The summed E-state index contributed by atoms with van der Waals surface area (Å²) in [4.78, 5) is 25.5. The Morgan fingerprint density at radius 2 is 1.67 bits per heavy atom. The average molecular weight is 299 g/mol. The summed E-state index contributed by atoms with van der Waals surface area (Å²) in [7, 11) is 0. The number of amides is 3. The highest BCUT2D eigenvalue weighted by atomic mass is 35.5. The summed E-state index contributed by atoms with van der Waals surface area (Å²) in [6.45, 7) is 0. The second-order valence-electron chi connectivity index (χ2n) is 3.72. The molecule has 4 nitrogen and oxygen atoms in total. The third-order valence-corrected chi connectivity index (χ3v) is 5.04. The van der Waals surface area contributed by atoms with Crippen LogP contribution in [0.25, 0.3) is 0 Å². The van der Waals surface area contributed by atoms with Crippen LogP contribution in [0, 0.1) is 0 Å². The number of hydrogen-bond donors (Lipinski definition) is 1. The van der Waals surface area contributed by atoms with Crippen molar-refractivity contribution in [2.45, 2.75) is 5.54 Å². The van der Waals surface area contributed by atoms with Gasteiger partial charge in [0.15, 0.2) is 5.54 Å². The third kappa shape index (κ3) is 1.43. The molecule has 2 aromatic heterocycles. The Morgan fingerprint density at radius 1 is 1.11 bits per heavy atom. The van der Waals surface area contributed by atoms with Crippen LogP contribution < -0.4 is 5.32 Å². The minimum Gasteiger partial charge on any atom is -0.313 e. The van der Waals surface area contributed by atoms with Crippen molar-refractivity contribution in [1.29, 1.82) is 0 Å². The molecule has 1 aliphatic heterocycles. The van der Waals surface area contributed by atoms with Gasteiger partial charge in [-0.15, -0.1) is 22.7 Å². The molecule has 1 saturated heterocycles. The number of carbonyl (C=O) groups excluding carboxylic acids is 2. The van der Waals surface area contributed by atoms with Crippen LogP contribution in [0.4, 0.5) is 4.79 Å². The first-order chi connectivity index (χ1) is 8.66. The van der Waals surface area contributed by atoms with E-state index in [1.807, 2.05) is 35.0 Å².